The van der Waals surface area contributed by atoms with Gasteiger partial charge in [-0.3, -0.25) is 15.1 Å². The Morgan fingerprint density at radius 3 is 2.68 bits per heavy atom. The fourth-order valence-corrected chi connectivity index (χ4v) is 4.35. The number of nitrogens with one attached hydrogen (secondary N) is 2. The second-order valence-electron chi connectivity index (χ2n) is 7.80. The summed E-state index contributed by atoms with van der Waals surface area (Å²) in [6.07, 6.45) is 5.58. The summed E-state index contributed by atoms with van der Waals surface area (Å²) in [4.78, 5) is 26.3. The maximum Gasteiger partial charge on any atom is 0.233 e. The lowest BCUT2D eigenvalue weighted by atomic mass is 9.41. The molecule has 3 saturated carbocycles. The Bertz CT molecular complexity index is 855. The van der Waals surface area contributed by atoms with Crippen LogP contribution in [-0.2, 0) is 14.3 Å². The Balaban J connectivity index is 1.17. The number of methoxy groups -OCH3 is 1. The highest BCUT2D eigenvalue weighted by Gasteiger charge is 2.72. The molecule has 1 saturated heterocycles. The number of pyridine rings is 1. The summed E-state index contributed by atoms with van der Waals surface area (Å²) in [7, 11) is 1.71. The summed E-state index contributed by atoms with van der Waals surface area (Å²) in [5, 5.41) is 2.85. The number of morpholine rings is 1. The van der Waals surface area contributed by atoms with Gasteiger partial charge in [-0.2, -0.15) is 0 Å². The number of imidazole rings is 1. The predicted octanol–water partition coefficient (Wildman–Crippen LogP) is 1.94. The molecule has 4 aliphatic rings. The Morgan fingerprint density at radius 1 is 1.21 bits per heavy atom. The Hall–Kier alpha value is -2.65. The minimum Gasteiger partial charge on any atom is -0.438 e. The van der Waals surface area contributed by atoms with Gasteiger partial charge >= 0.3 is 0 Å². The van der Waals surface area contributed by atoms with Gasteiger partial charge in [-0.05, 0) is 31.4 Å². The lowest BCUT2D eigenvalue weighted by Gasteiger charge is -2.67. The second kappa shape index (κ2) is 6.46. The normalized spacial score (nSPS) is 28.2. The van der Waals surface area contributed by atoms with E-state index in [1.54, 1.807) is 19.5 Å². The van der Waals surface area contributed by atoms with E-state index in [4.69, 9.17) is 14.2 Å². The van der Waals surface area contributed by atoms with Crippen molar-refractivity contribution >= 4 is 17.7 Å². The maximum absolute atomic E-state index is 12.5. The molecule has 9 heteroatoms. The van der Waals surface area contributed by atoms with E-state index in [2.05, 4.69) is 25.2 Å². The van der Waals surface area contributed by atoms with Crippen molar-refractivity contribution in [1.29, 1.82) is 0 Å². The number of rotatable bonds is 6. The molecule has 4 fully saturated rings. The van der Waals surface area contributed by atoms with Gasteiger partial charge in [0.15, 0.2) is 0 Å². The van der Waals surface area contributed by atoms with Gasteiger partial charge in [0.1, 0.15) is 11.6 Å². The van der Waals surface area contributed by atoms with Crippen molar-refractivity contribution in [3.05, 3.63) is 24.5 Å². The van der Waals surface area contributed by atoms with E-state index >= 15 is 0 Å². The molecule has 2 aromatic rings. The number of hydrogen-bond donors (Lipinski definition) is 2. The summed E-state index contributed by atoms with van der Waals surface area (Å²) in [5.74, 6) is 2.32. The standard InChI is InChI=1S/C19H23N5O4/c1-26-19-10-18(11-19,12-19)16(25)23-17-21-9-15(22-17)28-13-2-3-14(20-8-13)24-4-6-27-7-5-24/h2-3,8-9H,4-7,10-12H2,1H3,(H2,21,22,23,25). The van der Waals surface area contributed by atoms with Crippen LogP contribution in [0.1, 0.15) is 19.3 Å². The van der Waals surface area contributed by atoms with Gasteiger partial charge in [-0.15, -0.1) is 0 Å². The van der Waals surface area contributed by atoms with Crippen LogP contribution in [0.4, 0.5) is 11.8 Å². The van der Waals surface area contributed by atoms with Gasteiger partial charge in [0, 0.05) is 20.2 Å². The van der Waals surface area contributed by atoms with Gasteiger partial charge in [0.05, 0.1) is 36.6 Å². The number of carbonyl (C=O) groups is 1. The average molecular weight is 385 g/mol. The number of anilines is 2. The van der Waals surface area contributed by atoms with Crippen molar-refractivity contribution in [2.75, 3.05) is 43.6 Å². The smallest absolute Gasteiger partial charge is 0.233 e. The van der Waals surface area contributed by atoms with Crippen LogP contribution in [-0.4, -0.2) is 59.9 Å². The number of amides is 1. The second-order valence-corrected chi connectivity index (χ2v) is 7.80. The van der Waals surface area contributed by atoms with Crippen LogP contribution in [0.3, 0.4) is 0 Å². The lowest BCUT2D eigenvalue weighted by Crippen LogP contribution is -2.72. The van der Waals surface area contributed by atoms with Crippen LogP contribution in [0.2, 0.25) is 0 Å². The van der Waals surface area contributed by atoms with E-state index in [1.165, 1.54) is 0 Å². The van der Waals surface area contributed by atoms with Crippen LogP contribution in [0.5, 0.6) is 11.6 Å². The minimum atomic E-state index is -0.289. The minimum absolute atomic E-state index is 0.0103. The molecule has 3 heterocycles. The molecule has 9 nitrogen and oxygen atoms in total. The van der Waals surface area contributed by atoms with Crippen LogP contribution in [0.25, 0.3) is 0 Å². The lowest BCUT2D eigenvalue weighted by molar-refractivity contribution is -0.260. The van der Waals surface area contributed by atoms with E-state index in [9.17, 15) is 4.79 Å². The molecule has 3 aliphatic carbocycles. The molecule has 28 heavy (non-hydrogen) atoms. The molecule has 0 radical (unpaired) electrons. The zero-order valence-corrected chi connectivity index (χ0v) is 15.7. The molecule has 0 unspecified atom stereocenters. The van der Waals surface area contributed by atoms with Crippen molar-refractivity contribution in [1.82, 2.24) is 15.0 Å². The number of nitrogens with zero attached hydrogens (tertiary/aromatic N) is 3. The maximum atomic E-state index is 12.5. The average Bonchev–Trinajstić information content (AvgIpc) is 3.08. The summed E-state index contributed by atoms with van der Waals surface area (Å²) < 4.78 is 16.6. The summed E-state index contributed by atoms with van der Waals surface area (Å²) in [6, 6.07) is 3.79. The zero-order chi connectivity index (χ0) is 19.2. The van der Waals surface area contributed by atoms with Crippen LogP contribution in [0, 0.1) is 5.41 Å². The molecular formula is C19H23N5O4. The van der Waals surface area contributed by atoms with Crippen molar-refractivity contribution in [2.45, 2.75) is 24.9 Å². The molecule has 2 bridgehead atoms. The van der Waals surface area contributed by atoms with Gasteiger partial charge in [-0.25, -0.2) is 9.97 Å². The third-order valence-corrected chi connectivity index (χ3v) is 5.96. The fourth-order valence-electron chi connectivity index (χ4n) is 4.35. The predicted molar refractivity (Wildman–Crippen MR) is 101 cm³/mol. The first kappa shape index (κ1) is 17.4. The third kappa shape index (κ3) is 2.91. The molecule has 6 rings (SSSR count). The van der Waals surface area contributed by atoms with E-state index in [-0.39, 0.29) is 16.9 Å². The molecule has 1 amide bonds. The van der Waals surface area contributed by atoms with Crippen LogP contribution >= 0.6 is 0 Å². The number of ether oxygens (including phenoxy) is 3. The highest BCUT2D eigenvalue weighted by atomic mass is 16.5. The van der Waals surface area contributed by atoms with Gasteiger partial charge in [0.2, 0.25) is 17.7 Å². The molecule has 0 spiro atoms. The quantitative estimate of drug-likeness (QED) is 0.783. The first-order chi connectivity index (χ1) is 13.6. The van der Waals surface area contributed by atoms with Gasteiger partial charge < -0.3 is 19.1 Å². The summed E-state index contributed by atoms with van der Waals surface area (Å²) >= 11 is 0. The van der Waals surface area contributed by atoms with Crippen LogP contribution in [0.15, 0.2) is 24.5 Å². The SMILES string of the molecule is COC12CC(C(=O)Nc3ncc(Oc4ccc(N5CCOCC5)nc4)[nH]3)(C1)C2. The third-order valence-electron chi connectivity index (χ3n) is 5.96. The first-order valence-corrected chi connectivity index (χ1v) is 9.48. The summed E-state index contributed by atoms with van der Waals surface area (Å²) in [5.41, 5.74) is -0.349. The van der Waals surface area contributed by atoms with E-state index in [0.717, 1.165) is 51.4 Å². The molecule has 0 atom stereocenters. The van der Waals surface area contributed by atoms with E-state index in [0.29, 0.717) is 17.6 Å². The Labute approximate surface area is 162 Å². The molecule has 2 aromatic heterocycles. The fraction of sp³-hybridized carbons (Fsp3) is 0.526. The zero-order valence-electron chi connectivity index (χ0n) is 15.7. The number of aromatic amines is 1. The Morgan fingerprint density at radius 2 is 2.00 bits per heavy atom. The Kier molecular flexibility index (Phi) is 4.02. The van der Waals surface area contributed by atoms with E-state index in [1.807, 2.05) is 12.1 Å². The first-order valence-electron chi connectivity index (χ1n) is 9.48. The van der Waals surface area contributed by atoms with Gasteiger partial charge in [-0.1, -0.05) is 0 Å². The topological polar surface area (TPSA) is 102 Å². The van der Waals surface area contributed by atoms with Gasteiger partial charge in [0.25, 0.3) is 0 Å². The monoisotopic (exact) mass is 385 g/mol. The molecule has 2 N–H and O–H groups in total. The number of carbonyl (C=O) groups excluding carboxylic acids is 1. The molecule has 148 valence electrons. The van der Waals surface area contributed by atoms with Crippen molar-refractivity contribution in [3.63, 3.8) is 0 Å². The molecule has 1 aliphatic heterocycles. The highest BCUT2D eigenvalue weighted by Crippen LogP contribution is 2.69. The number of H-pyrrole nitrogens is 1. The number of aromatic nitrogens is 3. The largest absolute Gasteiger partial charge is 0.438 e. The molecule has 0 aromatic carbocycles. The number of hydrogen-bond acceptors (Lipinski definition) is 7. The summed E-state index contributed by atoms with van der Waals surface area (Å²) in [6.45, 7) is 3.11. The molecular weight excluding hydrogens is 362 g/mol. The van der Waals surface area contributed by atoms with Crippen molar-refractivity contribution in [2.24, 2.45) is 5.41 Å². The van der Waals surface area contributed by atoms with Crippen LogP contribution < -0.4 is 15.0 Å². The van der Waals surface area contributed by atoms with Crippen molar-refractivity contribution < 1.29 is 19.0 Å². The highest BCUT2D eigenvalue weighted by molar-refractivity contribution is 5.96. The van der Waals surface area contributed by atoms with Crippen molar-refractivity contribution in [3.8, 4) is 11.6 Å². The van der Waals surface area contributed by atoms with E-state index < -0.39 is 0 Å².